The first-order chi connectivity index (χ1) is 9.16. The molecule has 2 aliphatic heterocycles. The van der Waals surface area contributed by atoms with E-state index in [4.69, 9.17) is 9.47 Å². The van der Waals surface area contributed by atoms with Crippen molar-refractivity contribution in [1.82, 2.24) is 4.90 Å². The Morgan fingerprint density at radius 3 is 2.79 bits per heavy atom. The number of rotatable bonds is 2. The smallest absolute Gasteiger partial charge is 0.339 e. The Morgan fingerprint density at radius 1 is 1.26 bits per heavy atom. The molecule has 4 heteroatoms. The summed E-state index contributed by atoms with van der Waals surface area (Å²) in [5.74, 6) is -0.197. The molecular weight excluding hydrogens is 242 g/mol. The summed E-state index contributed by atoms with van der Waals surface area (Å²) in [5.41, 5.74) is 1.37. The Hall–Kier alpha value is -1.39. The normalized spacial score (nSPS) is 27.7. The molecule has 0 saturated carbocycles. The summed E-state index contributed by atoms with van der Waals surface area (Å²) >= 11 is 0. The molecule has 102 valence electrons. The van der Waals surface area contributed by atoms with Gasteiger partial charge in [0.2, 0.25) is 0 Å². The molecule has 4 nitrogen and oxygen atoms in total. The number of hydrogen-bond donors (Lipinski definition) is 0. The van der Waals surface area contributed by atoms with Crippen LogP contribution in [0.25, 0.3) is 0 Å². The van der Waals surface area contributed by atoms with E-state index in [9.17, 15) is 4.79 Å². The van der Waals surface area contributed by atoms with Crippen LogP contribution in [-0.2, 0) is 15.9 Å². The second-order valence-electron chi connectivity index (χ2n) is 5.56. The zero-order chi connectivity index (χ0) is 13.3. The van der Waals surface area contributed by atoms with Gasteiger partial charge in [-0.15, -0.1) is 0 Å². The van der Waals surface area contributed by atoms with Crippen molar-refractivity contribution in [3.8, 4) is 0 Å². The highest BCUT2D eigenvalue weighted by Gasteiger charge is 2.37. The van der Waals surface area contributed by atoms with Crippen LogP contribution < -0.4 is 0 Å². The van der Waals surface area contributed by atoms with Crippen molar-refractivity contribution in [1.29, 1.82) is 0 Å². The van der Waals surface area contributed by atoms with Crippen LogP contribution in [0.5, 0.6) is 0 Å². The molecular formula is C15H19NO3. The SMILES string of the molecule is CC1(CN2CCOCC2)Cc2ccccc2C(=O)O1. The van der Waals surface area contributed by atoms with Crippen LogP contribution in [0, 0.1) is 0 Å². The number of carbonyl (C=O) groups is 1. The maximum absolute atomic E-state index is 12.1. The number of fused-ring (bicyclic) bond motifs is 1. The Balaban J connectivity index is 1.77. The first-order valence-electron chi connectivity index (χ1n) is 6.78. The molecule has 1 saturated heterocycles. The van der Waals surface area contributed by atoms with Crippen LogP contribution >= 0.6 is 0 Å². The van der Waals surface area contributed by atoms with Crippen molar-refractivity contribution < 1.29 is 14.3 Å². The number of morpholine rings is 1. The van der Waals surface area contributed by atoms with Crippen molar-refractivity contribution in [2.75, 3.05) is 32.8 Å². The van der Waals surface area contributed by atoms with Crippen molar-refractivity contribution in [3.63, 3.8) is 0 Å². The van der Waals surface area contributed by atoms with Crippen LogP contribution in [0.2, 0.25) is 0 Å². The van der Waals surface area contributed by atoms with Gasteiger partial charge >= 0.3 is 5.97 Å². The number of ether oxygens (including phenoxy) is 2. The van der Waals surface area contributed by atoms with Crippen molar-refractivity contribution in [2.45, 2.75) is 18.9 Å². The number of cyclic esters (lactones) is 1. The van der Waals surface area contributed by atoms with E-state index in [-0.39, 0.29) is 5.97 Å². The third-order valence-electron chi connectivity index (χ3n) is 3.80. The van der Waals surface area contributed by atoms with Crippen LogP contribution in [0.4, 0.5) is 0 Å². The van der Waals surface area contributed by atoms with Gasteiger partial charge in [-0.25, -0.2) is 4.79 Å². The summed E-state index contributed by atoms with van der Waals surface area (Å²) in [6, 6.07) is 7.72. The maximum Gasteiger partial charge on any atom is 0.339 e. The fourth-order valence-electron chi connectivity index (χ4n) is 2.91. The highest BCUT2D eigenvalue weighted by molar-refractivity contribution is 5.92. The molecule has 1 fully saturated rings. The minimum absolute atomic E-state index is 0.197. The lowest BCUT2D eigenvalue weighted by molar-refractivity contribution is -0.0484. The molecule has 0 aromatic heterocycles. The number of esters is 1. The zero-order valence-electron chi connectivity index (χ0n) is 11.2. The predicted molar refractivity (Wildman–Crippen MR) is 71.2 cm³/mol. The van der Waals surface area contributed by atoms with Gasteiger partial charge in [-0.05, 0) is 18.6 Å². The van der Waals surface area contributed by atoms with Gasteiger partial charge in [0, 0.05) is 26.1 Å². The molecule has 1 aromatic rings. The van der Waals surface area contributed by atoms with Gasteiger partial charge in [0.05, 0.1) is 18.8 Å². The summed E-state index contributed by atoms with van der Waals surface area (Å²) in [5, 5.41) is 0. The fourth-order valence-corrected chi connectivity index (χ4v) is 2.91. The summed E-state index contributed by atoms with van der Waals surface area (Å²) in [6.45, 7) is 6.15. The topological polar surface area (TPSA) is 38.8 Å². The van der Waals surface area contributed by atoms with E-state index in [0.29, 0.717) is 5.56 Å². The molecule has 2 heterocycles. The lowest BCUT2D eigenvalue weighted by Gasteiger charge is -2.39. The summed E-state index contributed by atoms with van der Waals surface area (Å²) in [6.07, 6.45) is 0.784. The lowest BCUT2D eigenvalue weighted by Crippen LogP contribution is -2.51. The van der Waals surface area contributed by atoms with Gasteiger partial charge in [0.15, 0.2) is 0 Å². The van der Waals surface area contributed by atoms with Gasteiger partial charge in [-0.1, -0.05) is 18.2 Å². The van der Waals surface area contributed by atoms with E-state index in [0.717, 1.165) is 44.8 Å². The van der Waals surface area contributed by atoms with Crippen molar-refractivity contribution in [2.24, 2.45) is 0 Å². The molecule has 1 atom stereocenters. The maximum atomic E-state index is 12.1. The molecule has 0 bridgehead atoms. The molecule has 0 N–H and O–H groups in total. The van der Waals surface area contributed by atoms with Gasteiger partial charge in [0.25, 0.3) is 0 Å². The van der Waals surface area contributed by atoms with Gasteiger partial charge < -0.3 is 9.47 Å². The van der Waals surface area contributed by atoms with E-state index in [1.54, 1.807) is 0 Å². The summed E-state index contributed by atoms with van der Waals surface area (Å²) in [4.78, 5) is 14.4. The summed E-state index contributed by atoms with van der Waals surface area (Å²) < 4.78 is 11.0. The Labute approximate surface area is 113 Å². The van der Waals surface area contributed by atoms with Gasteiger partial charge in [0.1, 0.15) is 5.60 Å². The standard InChI is InChI=1S/C15H19NO3/c1-15(11-16-6-8-18-9-7-16)10-12-4-2-3-5-13(12)14(17)19-15/h2-5H,6-11H2,1H3. The van der Waals surface area contributed by atoms with Gasteiger partial charge in [-0.3, -0.25) is 4.90 Å². The number of hydrogen-bond acceptors (Lipinski definition) is 4. The first kappa shape index (κ1) is 12.6. The molecule has 0 radical (unpaired) electrons. The average Bonchev–Trinajstić information content (AvgIpc) is 2.39. The number of benzene rings is 1. The molecule has 0 aliphatic carbocycles. The van der Waals surface area contributed by atoms with E-state index in [1.807, 2.05) is 31.2 Å². The Kier molecular flexibility index (Phi) is 3.29. The van der Waals surface area contributed by atoms with Crippen LogP contribution in [0.15, 0.2) is 24.3 Å². The van der Waals surface area contributed by atoms with Crippen molar-refractivity contribution in [3.05, 3.63) is 35.4 Å². The quantitative estimate of drug-likeness (QED) is 0.756. The molecule has 2 aliphatic rings. The molecule has 0 spiro atoms. The van der Waals surface area contributed by atoms with Crippen molar-refractivity contribution >= 4 is 5.97 Å². The number of carbonyl (C=O) groups excluding carboxylic acids is 1. The average molecular weight is 261 g/mol. The minimum Gasteiger partial charge on any atom is -0.454 e. The minimum atomic E-state index is -0.428. The van der Waals surface area contributed by atoms with Crippen LogP contribution in [-0.4, -0.2) is 49.3 Å². The fraction of sp³-hybridized carbons (Fsp3) is 0.533. The predicted octanol–water partition coefficient (Wildman–Crippen LogP) is 1.49. The molecule has 3 rings (SSSR count). The van der Waals surface area contributed by atoms with Crippen LogP contribution in [0.1, 0.15) is 22.8 Å². The molecule has 0 amide bonds. The van der Waals surface area contributed by atoms with Crippen LogP contribution in [0.3, 0.4) is 0 Å². The molecule has 19 heavy (non-hydrogen) atoms. The number of nitrogens with zero attached hydrogens (tertiary/aromatic N) is 1. The summed E-state index contributed by atoms with van der Waals surface area (Å²) in [7, 11) is 0. The Bertz CT molecular complexity index is 482. The first-order valence-corrected chi connectivity index (χ1v) is 6.78. The van der Waals surface area contributed by atoms with Gasteiger partial charge in [-0.2, -0.15) is 0 Å². The highest BCUT2D eigenvalue weighted by Crippen LogP contribution is 2.28. The molecule has 1 unspecified atom stereocenters. The third kappa shape index (κ3) is 2.65. The second-order valence-corrected chi connectivity index (χ2v) is 5.56. The highest BCUT2D eigenvalue weighted by atomic mass is 16.6. The second kappa shape index (κ2) is 4.94. The Morgan fingerprint density at radius 2 is 2.00 bits per heavy atom. The molecule has 1 aromatic carbocycles. The third-order valence-corrected chi connectivity index (χ3v) is 3.80. The van der Waals surface area contributed by atoms with E-state index >= 15 is 0 Å². The zero-order valence-corrected chi connectivity index (χ0v) is 11.2. The van der Waals surface area contributed by atoms with E-state index < -0.39 is 5.60 Å². The lowest BCUT2D eigenvalue weighted by atomic mass is 9.89. The van der Waals surface area contributed by atoms with E-state index in [2.05, 4.69) is 4.90 Å². The van der Waals surface area contributed by atoms with E-state index in [1.165, 1.54) is 0 Å². The monoisotopic (exact) mass is 261 g/mol. The largest absolute Gasteiger partial charge is 0.454 e.